The maximum absolute atomic E-state index is 17.3. The lowest BCUT2D eigenvalue weighted by Crippen LogP contribution is -2.70. The van der Waals surface area contributed by atoms with Crippen molar-refractivity contribution in [3.8, 4) is 0 Å². The first-order valence-corrected chi connectivity index (χ1v) is 13.3. The zero-order chi connectivity index (χ0) is 26.1. The molecule has 35 heavy (non-hydrogen) atoms. The zero-order valence-electron chi connectivity index (χ0n) is 22.3. The minimum absolute atomic E-state index is 0.0376. The summed E-state index contributed by atoms with van der Waals surface area (Å²) in [5.74, 6) is -1.76. The number of halogens is 1. The molecule has 0 radical (unpaired) electrons. The molecule has 7 heteroatoms. The molecule has 3 saturated carbocycles. The van der Waals surface area contributed by atoms with Crippen LogP contribution in [-0.4, -0.2) is 57.7 Å². The normalized spacial score (nSPS) is 45.4. The van der Waals surface area contributed by atoms with E-state index >= 15 is 4.39 Å². The Bertz CT molecular complexity index is 905. The molecule has 4 rings (SSSR count). The Kier molecular flexibility index (Phi) is 6.70. The molecular weight excluding hydrogens is 451 g/mol. The van der Waals surface area contributed by atoms with E-state index in [0.717, 1.165) is 5.57 Å². The smallest absolute Gasteiger partial charge is 0.221 e. The number of rotatable bonds is 6. The van der Waals surface area contributed by atoms with Gasteiger partial charge in [0.25, 0.3) is 0 Å². The van der Waals surface area contributed by atoms with Crippen molar-refractivity contribution in [2.45, 2.75) is 123 Å². The summed E-state index contributed by atoms with van der Waals surface area (Å²) in [7, 11) is 0. The molecule has 3 fully saturated rings. The molecule has 0 aliphatic heterocycles. The van der Waals surface area contributed by atoms with Crippen molar-refractivity contribution < 1.29 is 33.7 Å². The summed E-state index contributed by atoms with van der Waals surface area (Å²) in [6, 6.07) is 0. The van der Waals surface area contributed by atoms with Gasteiger partial charge in [-0.15, -0.1) is 0 Å². The fraction of sp³-hybridized carbons (Fsp3) is 0.857. The van der Waals surface area contributed by atoms with Gasteiger partial charge >= 0.3 is 0 Å². The van der Waals surface area contributed by atoms with Crippen molar-refractivity contribution in [3.63, 3.8) is 0 Å². The molecule has 8 atom stereocenters. The molecule has 198 valence electrons. The molecule has 2 N–H and O–H groups in total. The van der Waals surface area contributed by atoms with Crippen molar-refractivity contribution in [2.75, 3.05) is 0 Å². The summed E-state index contributed by atoms with van der Waals surface area (Å²) in [4.78, 5) is 26.1. The van der Waals surface area contributed by atoms with Gasteiger partial charge in [0.1, 0.15) is 17.1 Å². The standard InChI is InChI=1S/C28H43FO6/c1-15(2)34-24(35-16(3)4)23(32)28(33)17(5)12-21-20-9-8-18-13-19(30)10-11-25(18,6)27(20,29)22(31)14-26(21,28)7/h8,15-17,20-22,24,31,33H,9-14H2,1-7H3/t17-,20-,21-,22-,25-,26-,27-,28-/m0/s1. The van der Waals surface area contributed by atoms with Gasteiger partial charge in [-0.25, -0.2) is 4.39 Å². The Labute approximate surface area is 208 Å². The average Bonchev–Trinajstić information content (AvgIpc) is 2.95. The molecule has 6 nitrogen and oxygen atoms in total. The van der Waals surface area contributed by atoms with Crippen LogP contribution in [0.15, 0.2) is 11.6 Å². The van der Waals surface area contributed by atoms with E-state index in [0.29, 0.717) is 25.7 Å². The van der Waals surface area contributed by atoms with E-state index in [2.05, 4.69) is 0 Å². The van der Waals surface area contributed by atoms with E-state index in [9.17, 15) is 19.8 Å². The van der Waals surface area contributed by atoms with Gasteiger partial charge < -0.3 is 19.7 Å². The molecule has 4 aliphatic rings. The summed E-state index contributed by atoms with van der Waals surface area (Å²) in [6.07, 6.45) is 0.532. The number of ether oxygens (including phenoxy) is 2. The largest absolute Gasteiger partial charge is 0.390 e. The number of aliphatic hydroxyl groups is 2. The predicted molar refractivity (Wildman–Crippen MR) is 129 cm³/mol. The number of alkyl halides is 1. The molecule has 0 amide bonds. The minimum Gasteiger partial charge on any atom is -0.390 e. The number of hydrogen-bond acceptors (Lipinski definition) is 6. The molecule has 0 spiro atoms. The zero-order valence-corrected chi connectivity index (χ0v) is 22.3. The van der Waals surface area contributed by atoms with Crippen LogP contribution in [0.4, 0.5) is 4.39 Å². The summed E-state index contributed by atoms with van der Waals surface area (Å²) in [6.45, 7) is 12.7. The molecule has 0 saturated heterocycles. The Morgan fingerprint density at radius 3 is 2.31 bits per heavy atom. The highest BCUT2D eigenvalue weighted by molar-refractivity contribution is 5.92. The molecule has 0 aromatic carbocycles. The molecule has 4 aliphatic carbocycles. The van der Waals surface area contributed by atoms with Gasteiger partial charge in [-0.1, -0.05) is 32.4 Å². The monoisotopic (exact) mass is 494 g/mol. The van der Waals surface area contributed by atoms with Crippen LogP contribution in [0.1, 0.15) is 87.0 Å². The summed E-state index contributed by atoms with van der Waals surface area (Å²) >= 11 is 0. The second kappa shape index (κ2) is 8.71. The van der Waals surface area contributed by atoms with Gasteiger partial charge in [0, 0.05) is 29.6 Å². The van der Waals surface area contributed by atoms with Crippen LogP contribution in [0.3, 0.4) is 0 Å². The number of allylic oxidation sites excluding steroid dienone is 2. The lowest BCUT2D eigenvalue weighted by molar-refractivity contribution is -0.239. The van der Waals surface area contributed by atoms with Crippen LogP contribution in [0.2, 0.25) is 0 Å². The fourth-order valence-corrected chi connectivity index (χ4v) is 8.18. The van der Waals surface area contributed by atoms with Gasteiger partial charge in [0.2, 0.25) is 12.1 Å². The summed E-state index contributed by atoms with van der Waals surface area (Å²) in [5, 5.41) is 23.7. The first-order chi connectivity index (χ1) is 16.1. The Morgan fingerprint density at radius 1 is 1.14 bits per heavy atom. The molecule has 0 heterocycles. The van der Waals surface area contributed by atoms with E-state index in [1.807, 2.05) is 26.8 Å². The van der Waals surface area contributed by atoms with Crippen LogP contribution in [-0.2, 0) is 19.1 Å². The Balaban J connectivity index is 1.76. The SMILES string of the molecule is CC(C)OC(OC(C)C)C(=O)[C@@]1(O)[C@@H](C)C[C@H]2[C@@H]3CC=C4CC(=O)CC[C@]4(C)[C@@]3(F)[C@@H](O)C[C@@]21C. The minimum atomic E-state index is -1.92. The number of carbonyl (C=O) groups is 2. The first-order valence-electron chi connectivity index (χ1n) is 13.3. The van der Waals surface area contributed by atoms with E-state index in [1.165, 1.54) is 0 Å². The van der Waals surface area contributed by atoms with Gasteiger partial charge in [0.15, 0.2) is 0 Å². The first kappa shape index (κ1) is 26.9. The lowest BCUT2D eigenvalue weighted by Gasteiger charge is -2.63. The Morgan fingerprint density at radius 2 is 1.74 bits per heavy atom. The number of fused-ring (bicyclic) bond motifs is 5. The fourth-order valence-electron chi connectivity index (χ4n) is 8.18. The highest BCUT2D eigenvalue weighted by Crippen LogP contribution is 2.70. The van der Waals surface area contributed by atoms with Gasteiger partial charge in [-0.2, -0.15) is 0 Å². The van der Waals surface area contributed by atoms with E-state index in [1.54, 1.807) is 27.7 Å². The van der Waals surface area contributed by atoms with Crippen LogP contribution in [0, 0.1) is 28.6 Å². The number of ketones is 2. The number of Topliss-reactive ketones (excluding diaryl/α,β-unsaturated/α-hetero) is 2. The van der Waals surface area contributed by atoms with Crippen molar-refractivity contribution in [1.82, 2.24) is 0 Å². The van der Waals surface area contributed by atoms with E-state index in [-0.39, 0.29) is 36.8 Å². The third kappa shape index (κ3) is 3.63. The highest BCUT2D eigenvalue weighted by atomic mass is 19.1. The molecule has 0 aromatic heterocycles. The number of carbonyl (C=O) groups excluding carboxylic acids is 2. The third-order valence-corrected chi connectivity index (χ3v) is 9.98. The summed E-state index contributed by atoms with van der Waals surface area (Å²) in [5.41, 5.74) is -4.93. The van der Waals surface area contributed by atoms with Gasteiger partial charge in [-0.05, 0) is 65.2 Å². The van der Waals surface area contributed by atoms with Crippen LogP contribution in [0.5, 0.6) is 0 Å². The van der Waals surface area contributed by atoms with Crippen LogP contribution >= 0.6 is 0 Å². The van der Waals surface area contributed by atoms with Crippen molar-refractivity contribution in [3.05, 3.63) is 11.6 Å². The second-order valence-electron chi connectivity index (χ2n) is 12.6. The lowest BCUT2D eigenvalue weighted by atomic mass is 9.44. The molecule has 0 bridgehead atoms. The van der Waals surface area contributed by atoms with Crippen molar-refractivity contribution >= 4 is 11.6 Å². The number of hydrogen-bond donors (Lipinski definition) is 2. The van der Waals surface area contributed by atoms with Crippen molar-refractivity contribution in [2.24, 2.45) is 28.6 Å². The maximum atomic E-state index is 17.3. The maximum Gasteiger partial charge on any atom is 0.221 e. The average molecular weight is 495 g/mol. The highest BCUT2D eigenvalue weighted by Gasteiger charge is 2.76. The predicted octanol–water partition coefficient (Wildman–Crippen LogP) is 4.30. The number of aliphatic hydroxyl groups excluding tert-OH is 1. The van der Waals surface area contributed by atoms with Crippen LogP contribution < -0.4 is 0 Å². The van der Waals surface area contributed by atoms with Gasteiger partial charge in [0.05, 0.1) is 18.3 Å². The molecular formula is C28H43FO6. The molecule has 0 unspecified atom stereocenters. The van der Waals surface area contributed by atoms with Crippen molar-refractivity contribution in [1.29, 1.82) is 0 Å². The third-order valence-electron chi connectivity index (χ3n) is 9.98. The van der Waals surface area contributed by atoms with E-state index in [4.69, 9.17) is 9.47 Å². The van der Waals surface area contributed by atoms with E-state index < -0.39 is 52.1 Å². The summed E-state index contributed by atoms with van der Waals surface area (Å²) < 4.78 is 29.0. The topological polar surface area (TPSA) is 93.1 Å². The van der Waals surface area contributed by atoms with Gasteiger partial charge in [-0.3, -0.25) is 9.59 Å². The Hall–Kier alpha value is -1.15. The van der Waals surface area contributed by atoms with Crippen LogP contribution in [0.25, 0.3) is 0 Å². The molecule has 0 aromatic rings. The second-order valence-corrected chi connectivity index (χ2v) is 12.6. The quantitative estimate of drug-likeness (QED) is 0.422.